The molecule has 0 amide bonds. The minimum Gasteiger partial charge on any atom is -0.478 e. The maximum Gasteiger partial charge on any atom is 0.337 e. The van der Waals surface area contributed by atoms with Gasteiger partial charge in [0, 0.05) is 36.3 Å². The molecule has 2 aromatic rings. The van der Waals surface area contributed by atoms with Gasteiger partial charge in [-0.1, -0.05) is 6.07 Å². The van der Waals surface area contributed by atoms with Crippen LogP contribution in [0.25, 0.3) is 11.1 Å². The number of aromatic carboxylic acids is 1. The van der Waals surface area contributed by atoms with Crippen molar-refractivity contribution < 1.29 is 18.3 Å². The van der Waals surface area contributed by atoms with E-state index < -0.39 is 16.0 Å². The molecule has 3 heterocycles. The summed E-state index contributed by atoms with van der Waals surface area (Å²) < 4.78 is 25.2. The minimum absolute atomic E-state index is 0.107. The molecule has 1 N–H and O–H groups in total. The van der Waals surface area contributed by atoms with Crippen LogP contribution in [-0.2, 0) is 10.0 Å². The van der Waals surface area contributed by atoms with Crippen molar-refractivity contribution in [1.29, 1.82) is 0 Å². The highest BCUT2D eigenvalue weighted by molar-refractivity contribution is 7.88. The number of pyridine rings is 2. The second-order valence-corrected chi connectivity index (χ2v) is 7.71. The van der Waals surface area contributed by atoms with Gasteiger partial charge in [0.05, 0.1) is 23.6 Å². The average molecular weight is 347 g/mol. The van der Waals surface area contributed by atoms with Crippen molar-refractivity contribution >= 4 is 16.0 Å². The fourth-order valence-electron chi connectivity index (χ4n) is 2.92. The van der Waals surface area contributed by atoms with E-state index in [4.69, 9.17) is 5.11 Å². The first kappa shape index (κ1) is 16.5. The van der Waals surface area contributed by atoms with E-state index in [1.54, 1.807) is 18.5 Å². The molecule has 0 radical (unpaired) electrons. The lowest BCUT2D eigenvalue weighted by Gasteiger charge is -2.21. The summed E-state index contributed by atoms with van der Waals surface area (Å²) in [5.41, 5.74) is 2.19. The number of hydrogen-bond acceptors (Lipinski definition) is 5. The molecule has 1 saturated heterocycles. The second-order valence-electron chi connectivity index (χ2n) is 5.77. The van der Waals surface area contributed by atoms with E-state index >= 15 is 0 Å². The van der Waals surface area contributed by atoms with Crippen LogP contribution >= 0.6 is 0 Å². The number of aromatic nitrogens is 2. The van der Waals surface area contributed by atoms with Crippen molar-refractivity contribution in [2.45, 2.75) is 18.9 Å². The molecule has 8 heteroatoms. The molecule has 0 unspecified atom stereocenters. The largest absolute Gasteiger partial charge is 0.478 e. The average Bonchev–Trinajstić information content (AvgIpc) is 3.05. The highest BCUT2D eigenvalue weighted by Crippen LogP contribution is 2.33. The van der Waals surface area contributed by atoms with Crippen molar-refractivity contribution in [2.75, 3.05) is 12.8 Å². The topological polar surface area (TPSA) is 100 Å². The van der Waals surface area contributed by atoms with Crippen LogP contribution in [0.15, 0.2) is 36.8 Å². The summed E-state index contributed by atoms with van der Waals surface area (Å²) in [6.07, 6.45) is 7.25. The number of rotatable bonds is 4. The number of nitrogens with zero attached hydrogens (tertiary/aromatic N) is 3. The minimum atomic E-state index is -3.26. The summed E-state index contributed by atoms with van der Waals surface area (Å²) in [4.78, 5) is 19.3. The maximum absolute atomic E-state index is 11.8. The first-order valence-corrected chi connectivity index (χ1v) is 9.32. The molecule has 2 aromatic heterocycles. The molecule has 0 spiro atoms. The Morgan fingerprint density at radius 1 is 1.25 bits per heavy atom. The quantitative estimate of drug-likeness (QED) is 0.907. The lowest BCUT2D eigenvalue weighted by Crippen LogP contribution is -2.29. The first-order valence-electron chi connectivity index (χ1n) is 7.48. The summed E-state index contributed by atoms with van der Waals surface area (Å²) in [7, 11) is -3.26. The zero-order valence-corrected chi connectivity index (χ0v) is 13.9. The van der Waals surface area contributed by atoms with Gasteiger partial charge in [-0.15, -0.1) is 0 Å². The normalized spacial score (nSPS) is 18.6. The van der Waals surface area contributed by atoms with Gasteiger partial charge in [-0.25, -0.2) is 13.2 Å². The Morgan fingerprint density at radius 3 is 2.67 bits per heavy atom. The zero-order chi connectivity index (χ0) is 17.3. The van der Waals surface area contributed by atoms with Gasteiger partial charge >= 0.3 is 5.97 Å². The van der Waals surface area contributed by atoms with E-state index in [-0.39, 0.29) is 11.6 Å². The summed E-state index contributed by atoms with van der Waals surface area (Å²) in [5.74, 6) is -1.04. The molecule has 1 aliphatic heterocycles. The molecular weight excluding hydrogens is 330 g/mol. The Hall–Kier alpha value is -2.32. The van der Waals surface area contributed by atoms with Gasteiger partial charge in [0.2, 0.25) is 10.0 Å². The van der Waals surface area contributed by atoms with Gasteiger partial charge in [0.1, 0.15) is 0 Å². The number of carboxylic acid groups (broad SMARTS) is 1. The monoisotopic (exact) mass is 347 g/mol. The van der Waals surface area contributed by atoms with Crippen molar-refractivity contribution in [3.63, 3.8) is 0 Å². The van der Waals surface area contributed by atoms with Crippen LogP contribution in [0.2, 0.25) is 0 Å². The third-order valence-corrected chi connectivity index (χ3v) is 5.36. The number of hydrogen-bond donors (Lipinski definition) is 1. The zero-order valence-electron chi connectivity index (χ0n) is 13.1. The molecule has 1 atom stereocenters. The standard InChI is InChI=1S/C16H17N3O4S/c1-24(22,23)19-6-2-3-15(19)14-5-4-11(10-18-14)12-7-13(16(20)21)9-17-8-12/h4-5,7-10,15H,2-3,6H2,1H3,(H,20,21)/t15-/m0/s1. The third-order valence-electron chi connectivity index (χ3n) is 4.08. The van der Waals surface area contributed by atoms with Crippen LogP contribution in [0.4, 0.5) is 0 Å². The lowest BCUT2D eigenvalue weighted by atomic mass is 10.1. The molecule has 3 rings (SSSR count). The van der Waals surface area contributed by atoms with Crippen LogP contribution in [-0.4, -0.2) is 46.6 Å². The highest BCUT2D eigenvalue weighted by atomic mass is 32.2. The number of carbonyl (C=O) groups is 1. The Labute approximate surface area is 140 Å². The summed E-state index contributed by atoms with van der Waals surface area (Å²) in [5, 5.41) is 9.03. The first-order chi connectivity index (χ1) is 11.4. The molecule has 1 aliphatic rings. The Bertz CT molecular complexity index is 865. The van der Waals surface area contributed by atoms with Crippen molar-refractivity contribution in [3.05, 3.63) is 48.0 Å². The van der Waals surface area contributed by atoms with Gasteiger partial charge in [-0.05, 0) is 25.0 Å². The molecule has 7 nitrogen and oxygen atoms in total. The van der Waals surface area contributed by atoms with E-state index in [0.29, 0.717) is 17.8 Å². The molecule has 0 bridgehead atoms. The van der Waals surface area contributed by atoms with Gasteiger partial charge in [0.15, 0.2) is 0 Å². The van der Waals surface area contributed by atoms with Crippen molar-refractivity contribution in [2.24, 2.45) is 0 Å². The fourth-order valence-corrected chi connectivity index (χ4v) is 4.06. The van der Waals surface area contributed by atoms with E-state index in [1.165, 1.54) is 22.8 Å². The van der Waals surface area contributed by atoms with Crippen LogP contribution < -0.4 is 0 Å². The van der Waals surface area contributed by atoms with Crippen LogP contribution in [0.3, 0.4) is 0 Å². The van der Waals surface area contributed by atoms with Crippen LogP contribution in [0, 0.1) is 0 Å². The van der Waals surface area contributed by atoms with Crippen molar-refractivity contribution in [1.82, 2.24) is 14.3 Å². The van der Waals surface area contributed by atoms with Crippen molar-refractivity contribution in [3.8, 4) is 11.1 Å². The molecule has 0 saturated carbocycles. The smallest absolute Gasteiger partial charge is 0.337 e. The Kier molecular flexibility index (Phi) is 4.33. The number of sulfonamides is 1. The third kappa shape index (κ3) is 3.29. The summed E-state index contributed by atoms with van der Waals surface area (Å²) in [6, 6.07) is 4.89. The molecule has 1 fully saturated rings. The van der Waals surface area contributed by atoms with E-state index in [1.807, 2.05) is 6.07 Å². The molecule has 0 aliphatic carbocycles. The Balaban J connectivity index is 1.89. The predicted molar refractivity (Wildman–Crippen MR) is 88.0 cm³/mol. The van der Waals surface area contributed by atoms with Gasteiger partial charge in [0.25, 0.3) is 0 Å². The lowest BCUT2D eigenvalue weighted by molar-refractivity contribution is 0.0696. The van der Waals surface area contributed by atoms with Gasteiger partial charge < -0.3 is 5.11 Å². The van der Waals surface area contributed by atoms with E-state index in [2.05, 4.69) is 9.97 Å². The van der Waals surface area contributed by atoms with Gasteiger partial charge in [-0.2, -0.15) is 4.31 Å². The fraction of sp³-hybridized carbons (Fsp3) is 0.312. The SMILES string of the molecule is CS(=O)(=O)N1CCC[C@H]1c1ccc(-c2cncc(C(=O)O)c2)cn1. The summed E-state index contributed by atoms with van der Waals surface area (Å²) in [6.45, 7) is 0.511. The van der Waals surface area contributed by atoms with Gasteiger partial charge in [-0.3, -0.25) is 9.97 Å². The van der Waals surface area contributed by atoms with Crippen LogP contribution in [0.1, 0.15) is 34.9 Å². The highest BCUT2D eigenvalue weighted by Gasteiger charge is 2.33. The Morgan fingerprint density at radius 2 is 2.04 bits per heavy atom. The predicted octanol–water partition coefficient (Wildman–Crippen LogP) is 1.94. The van der Waals surface area contributed by atoms with Crippen LogP contribution in [0.5, 0.6) is 0 Å². The molecule has 24 heavy (non-hydrogen) atoms. The molecular formula is C16H17N3O4S. The summed E-state index contributed by atoms with van der Waals surface area (Å²) >= 11 is 0. The number of carboxylic acids is 1. The van der Waals surface area contributed by atoms with E-state index in [0.717, 1.165) is 18.4 Å². The molecule has 0 aromatic carbocycles. The molecule has 126 valence electrons. The van der Waals surface area contributed by atoms with E-state index in [9.17, 15) is 13.2 Å². The second kappa shape index (κ2) is 6.29. The maximum atomic E-state index is 11.8.